The monoisotopic (exact) mass is 285 g/mol. The number of hydrogen-bond acceptors (Lipinski definition) is 1. The maximum absolute atomic E-state index is 6.05. The van der Waals surface area contributed by atoms with Crippen LogP contribution in [0.4, 0.5) is 0 Å². The van der Waals surface area contributed by atoms with Crippen LogP contribution in [0.3, 0.4) is 0 Å². The first kappa shape index (κ1) is 14.2. The van der Waals surface area contributed by atoms with Crippen LogP contribution in [0.5, 0.6) is 0 Å². The van der Waals surface area contributed by atoms with Gasteiger partial charge in [0.2, 0.25) is 0 Å². The summed E-state index contributed by atoms with van der Waals surface area (Å²) in [6.45, 7) is 3.30. The fourth-order valence-electron chi connectivity index (χ4n) is 2.63. The molecule has 0 amide bonds. The van der Waals surface area contributed by atoms with Gasteiger partial charge in [-0.25, -0.2) is 0 Å². The molecule has 18 heavy (non-hydrogen) atoms. The highest BCUT2D eigenvalue weighted by atomic mass is 35.5. The van der Waals surface area contributed by atoms with Crippen LogP contribution in [-0.2, 0) is 0 Å². The van der Waals surface area contributed by atoms with Gasteiger partial charge in [-0.1, -0.05) is 48.5 Å². The van der Waals surface area contributed by atoms with E-state index < -0.39 is 0 Å². The highest BCUT2D eigenvalue weighted by Crippen LogP contribution is 2.27. The summed E-state index contributed by atoms with van der Waals surface area (Å²) in [6, 6.07) is 6.22. The van der Waals surface area contributed by atoms with Crippen LogP contribution >= 0.6 is 23.2 Å². The van der Waals surface area contributed by atoms with Crippen LogP contribution in [0, 0.1) is 5.92 Å². The van der Waals surface area contributed by atoms with E-state index in [1.165, 1.54) is 37.7 Å². The number of nitrogens with one attached hydrogen (secondary N) is 1. The molecule has 1 aromatic carbocycles. The van der Waals surface area contributed by atoms with Crippen LogP contribution in [0.2, 0.25) is 10.0 Å². The lowest BCUT2D eigenvalue weighted by molar-refractivity contribution is 0.331. The number of rotatable bonds is 4. The summed E-state index contributed by atoms with van der Waals surface area (Å²) in [4.78, 5) is 0. The molecule has 3 heteroatoms. The Labute approximate surface area is 120 Å². The van der Waals surface area contributed by atoms with Gasteiger partial charge >= 0.3 is 0 Å². The molecule has 0 aromatic heterocycles. The number of hydrogen-bond donors (Lipinski definition) is 1. The van der Waals surface area contributed by atoms with Crippen molar-refractivity contribution < 1.29 is 0 Å². The van der Waals surface area contributed by atoms with Gasteiger partial charge in [0.05, 0.1) is 10.0 Å². The minimum atomic E-state index is 0.335. The van der Waals surface area contributed by atoms with Crippen molar-refractivity contribution in [2.24, 2.45) is 5.92 Å². The Hall–Kier alpha value is -0.240. The Balaban J connectivity index is 1.86. The smallest absolute Gasteiger partial charge is 0.0595 e. The Morgan fingerprint density at radius 1 is 1.17 bits per heavy atom. The first-order valence-corrected chi connectivity index (χ1v) is 7.60. The molecule has 1 unspecified atom stereocenters. The summed E-state index contributed by atoms with van der Waals surface area (Å²) < 4.78 is 0. The van der Waals surface area contributed by atoms with Crippen molar-refractivity contribution >= 4 is 23.2 Å². The third-order valence-corrected chi connectivity index (χ3v) is 4.62. The third kappa shape index (κ3) is 3.88. The van der Waals surface area contributed by atoms with Crippen molar-refractivity contribution in [2.75, 3.05) is 6.54 Å². The minimum Gasteiger partial charge on any atom is -0.310 e. The predicted octanol–water partition coefficient (Wildman–Crippen LogP) is 5.22. The molecule has 0 heterocycles. The molecule has 1 N–H and O–H groups in total. The molecule has 0 bridgehead atoms. The quantitative estimate of drug-likeness (QED) is 0.799. The van der Waals surface area contributed by atoms with E-state index >= 15 is 0 Å². The zero-order valence-electron chi connectivity index (χ0n) is 10.9. The topological polar surface area (TPSA) is 12.0 Å². The van der Waals surface area contributed by atoms with Gasteiger partial charge in [-0.15, -0.1) is 0 Å². The zero-order chi connectivity index (χ0) is 13.0. The van der Waals surface area contributed by atoms with E-state index in [9.17, 15) is 0 Å². The van der Waals surface area contributed by atoms with Gasteiger partial charge in [-0.2, -0.15) is 0 Å². The molecule has 0 saturated heterocycles. The van der Waals surface area contributed by atoms with Crippen LogP contribution in [-0.4, -0.2) is 6.54 Å². The fraction of sp³-hybridized carbons (Fsp3) is 0.600. The van der Waals surface area contributed by atoms with E-state index in [1.54, 1.807) is 0 Å². The third-order valence-electron chi connectivity index (χ3n) is 3.88. The van der Waals surface area contributed by atoms with Crippen LogP contribution in [0.25, 0.3) is 0 Å². The summed E-state index contributed by atoms with van der Waals surface area (Å²) in [5.41, 5.74) is 1.21. The lowest BCUT2D eigenvalue weighted by Gasteiger charge is -2.24. The van der Waals surface area contributed by atoms with E-state index in [0.717, 1.165) is 12.5 Å². The first-order valence-electron chi connectivity index (χ1n) is 6.85. The van der Waals surface area contributed by atoms with Gasteiger partial charge in [-0.3, -0.25) is 0 Å². The highest BCUT2D eigenvalue weighted by Gasteiger charge is 2.15. The maximum atomic E-state index is 6.05. The van der Waals surface area contributed by atoms with Gasteiger partial charge in [0.25, 0.3) is 0 Å². The molecule has 1 atom stereocenters. The number of benzene rings is 1. The molecule has 1 fully saturated rings. The minimum absolute atomic E-state index is 0.335. The second kappa shape index (κ2) is 6.79. The van der Waals surface area contributed by atoms with Gasteiger partial charge in [-0.05, 0) is 49.9 Å². The SMILES string of the molecule is CC(NCC1CCCCC1)c1ccc(Cl)c(Cl)c1. The second-order valence-corrected chi connectivity index (χ2v) is 6.12. The molecule has 0 radical (unpaired) electrons. The van der Waals surface area contributed by atoms with Crippen molar-refractivity contribution in [3.8, 4) is 0 Å². The van der Waals surface area contributed by atoms with Crippen LogP contribution in [0.15, 0.2) is 18.2 Å². The van der Waals surface area contributed by atoms with Crippen molar-refractivity contribution in [1.29, 1.82) is 0 Å². The van der Waals surface area contributed by atoms with Crippen molar-refractivity contribution in [3.05, 3.63) is 33.8 Å². The lowest BCUT2D eigenvalue weighted by Crippen LogP contribution is -2.27. The fourth-order valence-corrected chi connectivity index (χ4v) is 2.94. The molecule has 0 aliphatic heterocycles. The maximum Gasteiger partial charge on any atom is 0.0595 e. The van der Waals surface area contributed by atoms with Crippen LogP contribution < -0.4 is 5.32 Å². The van der Waals surface area contributed by atoms with Gasteiger partial charge in [0.15, 0.2) is 0 Å². The summed E-state index contributed by atoms with van der Waals surface area (Å²) in [7, 11) is 0. The predicted molar refractivity (Wildman–Crippen MR) is 79.5 cm³/mol. The zero-order valence-corrected chi connectivity index (χ0v) is 12.4. The standard InChI is InChI=1S/C15H21Cl2N/c1-11(13-7-8-14(16)15(17)9-13)18-10-12-5-3-2-4-6-12/h7-9,11-12,18H,2-6,10H2,1H3. The largest absolute Gasteiger partial charge is 0.310 e. The Kier molecular flexibility index (Phi) is 5.35. The average Bonchev–Trinajstić information content (AvgIpc) is 2.40. The van der Waals surface area contributed by atoms with Crippen molar-refractivity contribution in [3.63, 3.8) is 0 Å². The van der Waals surface area contributed by atoms with Gasteiger partial charge < -0.3 is 5.32 Å². The first-order chi connectivity index (χ1) is 8.66. The molecule has 1 aliphatic rings. The molecule has 1 aromatic rings. The van der Waals surface area contributed by atoms with Gasteiger partial charge in [0.1, 0.15) is 0 Å². The molecular weight excluding hydrogens is 265 g/mol. The summed E-state index contributed by atoms with van der Waals surface area (Å²) >= 11 is 12.0. The van der Waals surface area contributed by atoms with E-state index in [1.807, 2.05) is 18.2 Å². The normalized spacial score (nSPS) is 18.8. The molecule has 0 spiro atoms. The average molecular weight is 286 g/mol. The molecule has 1 nitrogen and oxygen atoms in total. The molecular formula is C15H21Cl2N. The Morgan fingerprint density at radius 2 is 1.89 bits per heavy atom. The number of halogens is 2. The molecule has 1 aliphatic carbocycles. The molecule has 1 saturated carbocycles. The summed E-state index contributed by atoms with van der Waals surface area (Å²) in [5.74, 6) is 0.851. The summed E-state index contributed by atoms with van der Waals surface area (Å²) in [5, 5.41) is 4.88. The van der Waals surface area contributed by atoms with Crippen LogP contribution in [0.1, 0.15) is 50.6 Å². The van der Waals surface area contributed by atoms with Crippen molar-refractivity contribution in [1.82, 2.24) is 5.32 Å². The van der Waals surface area contributed by atoms with Crippen molar-refractivity contribution in [2.45, 2.75) is 45.1 Å². The summed E-state index contributed by atoms with van der Waals surface area (Å²) in [6.07, 6.45) is 6.96. The second-order valence-electron chi connectivity index (χ2n) is 5.31. The van der Waals surface area contributed by atoms with E-state index in [0.29, 0.717) is 16.1 Å². The Bertz CT molecular complexity index is 386. The lowest BCUT2D eigenvalue weighted by atomic mass is 9.89. The molecule has 2 rings (SSSR count). The van der Waals surface area contributed by atoms with E-state index in [2.05, 4.69) is 12.2 Å². The van der Waals surface area contributed by atoms with E-state index in [4.69, 9.17) is 23.2 Å². The highest BCUT2D eigenvalue weighted by molar-refractivity contribution is 6.42. The van der Waals surface area contributed by atoms with Gasteiger partial charge in [0, 0.05) is 6.04 Å². The Morgan fingerprint density at radius 3 is 2.56 bits per heavy atom. The molecule has 100 valence electrons. The van der Waals surface area contributed by atoms with E-state index in [-0.39, 0.29) is 0 Å².